The summed E-state index contributed by atoms with van der Waals surface area (Å²) in [6.07, 6.45) is 3.65. The molecule has 6 heteroatoms. The van der Waals surface area contributed by atoms with E-state index in [0.717, 1.165) is 63.5 Å². The summed E-state index contributed by atoms with van der Waals surface area (Å²) in [5, 5.41) is 3.49. The molecule has 0 radical (unpaired) electrons. The second-order valence-electron chi connectivity index (χ2n) is 8.46. The zero-order chi connectivity index (χ0) is 19.8. The van der Waals surface area contributed by atoms with Crippen LogP contribution in [0.5, 0.6) is 0 Å². The number of ether oxygens (including phenoxy) is 2. The number of piperidine rings is 1. The first-order valence-corrected chi connectivity index (χ1v) is 10.9. The molecular formula is C23H38IN3O2. The molecule has 1 aromatic carbocycles. The Labute approximate surface area is 193 Å². The largest absolute Gasteiger partial charge is 0.381 e. The summed E-state index contributed by atoms with van der Waals surface area (Å²) < 4.78 is 11.5. The topological polar surface area (TPSA) is 46.1 Å². The third-order valence-corrected chi connectivity index (χ3v) is 5.56. The lowest BCUT2D eigenvalue weighted by Gasteiger charge is -2.37. The number of hydrogen-bond acceptors (Lipinski definition) is 3. The van der Waals surface area contributed by atoms with Gasteiger partial charge in [-0.25, -0.2) is 4.99 Å². The van der Waals surface area contributed by atoms with Gasteiger partial charge in [0.2, 0.25) is 0 Å². The van der Waals surface area contributed by atoms with Gasteiger partial charge in [0.1, 0.15) is 0 Å². The zero-order valence-corrected chi connectivity index (χ0v) is 20.6. The van der Waals surface area contributed by atoms with Crippen LogP contribution in [0.4, 0.5) is 0 Å². The summed E-state index contributed by atoms with van der Waals surface area (Å²) >= 11 is 0. The summed E-state index contributed by atoms with van der Waals surface area (Å²) in [5.74, 6) is 2.49. The van der Waals surface area contributed by atoms with Crippen molar-refractivity contribution in [3.8, 4) is 0 Å². The van der Waals surface area contributed by atoms with Crippen LogP contribution in [0.25, 0.3) is 0 Å². The highest BCUT2D eigenvalue weighted by Gasteiger charge is 2.24. The molecule has 1 aromatic rings. The zero-order valence-electron chi connectivity index (χ0n) is 18.2. The van der Waals surface area contributed by atoms with Crippen LogP contribution in [0, 0.1) is 11.8 Å². The maximum absolute atomic E-state index is 6.07. The van der Waals surface area contributed by atoms with Crippen molar-refractivity contribution in [3.05, 3.63) is 35.4 Å². The summed E-state index contributed by atoms with van der Waals surface area (Å²) in [5.41, 5.74) is 2.46. The quantitative estimate of drug-likeness (QED) is 0.346. The van der Waals surface area contributed by atoms with E-state index in [1.807, 2.05) is 0 Å². The maximum Gasteiger partial charge on any atom is 0.194 e. The Hall–Kier alpha value is -0.860. The van der Waals surface area contributed by atoms with Gasteiger partial charge in [-0.15, -0.1) is 24.0 Å². The Morgan fingerprint density at radius 1 is 1.17 bits per heavy atom. The van der Waals surface area contributed by atoms with Crippen molar-refractivity contribution in [1.82, 2.24) is 10.2 Å². The van der Waals surface area contributed by atoms with E-state index in [9.17, 15) is 0 Å². The lowest BCUT2D eigenvalue weighted by Crippen LogP contribution is -2.48. The number of hydrogen-bond donors (Lipinski definition) is 1. The number of halogens is 1. The molecule has 29 heavy (non-hydrogen) atoms. The van der Waals surface area contributed by atoms with Crippen LogP contribution in [0.3, 0.4) is 0 Å². The van der Waals surface area contributed by atoms with Crippen molar-refractivity contribution in [3.63, 3.8) is 0 Å². The first kappa shape index (κ1) is 24.4. The molecule has 2 aliphatic heterocycles. The van der Waals surface area contributed by atoms with Crippen LogP contribution in [0.1, 0.15) is 51.2 Å². The van der Waals surface area contributed by atoms with E-state index in [2.05, 4.69) is 55.3 Å². The molecule has 2 atom stereocenters. The Morgan fingerprint density at radius 3 is 2.55 bits per heavy atom. The Morgan fingerprint density at radius 2 is 1.86 bits per heavy atom. The molecule has 5 nitrogen and oxygen atoms in total. The molecule has 0 saturated carbocycles. The van der Waals surface area contributed by atoms with Gasteiger partial charge in [-0.3, -0.25) is 0 Å². The molecule has 0 bridgehead atoms. The monoisotopic (exact) mass is 515 g/mol. The van der Waals surface area contributed by atoms with Crippen LogP contribution in [-0.4, -0.2) is 49.8 Å². The molecule has 164 valence electrons. The molecule has 2 unspecified atom stereocenters. The summed E-state index contributed by atoms with van der Waals surface area (Å²) in [6.45, 7) is 12.9. The fourth-order valence-electron chi connectivity index (χ4n) is 4.30. The van der Waals surface area contributed by atoms with E-state index in [1.165, 1.54) is 17.5 Å². The first-order valence-electron chi connectivity index (χ1n) is 10.9. The number of aliphatic imine (C=N–C) groups is 1. The third kappa shape index (κ3) is 8.06. The van der Waals surface area contributed by atoms with Crippen LogP contribution in [0.15, 0.2) is 29.3 Å². The van der Waals surface area contributed by atoms with E-state index >= 15 is 0 Å². The van der Waals surface area contributed by atoms with E-state index < -0.39 is 0 Å². The number of nitrogens with zero attached hydrogens (tertiary/aromatic N) is 2. The second-order valence-corrected chi connectivity index (χ2v) is 8.46. The first-order chi connectivity index (χ1) is 13.6. The lowest BCUT2D eigenvalue weighted by molar-refractivity contribution is -0.0390. The molecule has 0 spiro atoms. The minimum Gasteiger partial charge on any atom is -0.381 e. The second kappa shape index (κ2) is 12.7. The van der Waals surface area contributed by atoms with E-state index in [-0.39, 0.29) is 24.0 Å². The molecular weight excluding hydrogens is 477 g/mol. The fraction of sp³-hybridized carbons (Fsp3) is 0.696. The van der Waals surface area contributed by atoms with Gasteiger partial charge >= 0.3 is 0 Å². The van der Waals surface area contributed by atoms with Gasteiger partial charge < -0.3 is 19.7 Å². The maximum atomic E-state index is 6.07. The van der Waals surface area contributed by atoms with Crippen molar-refractivity contribution in [1.29, 1.82) is 0 Å². The van der Waals surface area contributed by atoms with Crippen molar-refractivity contribution >= 4 is 29.9 Å². The van der Waals surface area contributed by atoms with Crippen LogP contribution >= 0.6 is 24.0 Å². The lowest BCUT2D eigenvalue weighted by atomic mass is 9.92. The van der Waals surface area contributed by atoms with Gasteiger partial charge in [-0.05, 0) is 49.1 Å². The molecule has 1 N–H and O–H groups in total. The Bertz CT molecular complexity index is 624. The number of benzene rings is 1. The predicted octanol–water partition coefficient (Wildman–Crippen LogP) is 4.44. The molecule has 0 aromatic heterocycles. The Kier molecular flexibility index (Phi) is 10.7. The van der Waals surface area contributed by atoms with Crippen molar-refractivity contribution in [2.45, 2.75) is 59.3 Å². The van der Waals surface area contributed by atoms with E-state index in [4.69, 9.17) is 14.5 Å². The number of nitrogens with one attached hydrogen (secondary N) is 1. The standard InChI is InChI=1S/C23H37N3O2.HI/c1-4-24-23(26-15-18(2)12-19(3)16-26)25-14-20-6-5-7-21(13-20)17-28-22-8-10-27-11-9-22;/h5-7,13,18-19,22H,4,8-12,14-17H2,1-3H3,(H,24,25);1H. The van der Waals surface area contributed by atoms with Crippen molar-refractivity contribution in [2.75, 3.05) is 32.8 Å². The van der Waals surface area contributed by atoms with Crippen LogP contribution in [0.2, 0.25) is 0 Å². The molecule has 2 fully saturated rings. The minimum atomic E-state index is 0. The number of rotatable bonds is 6. The average molecular weight is 515 g/mol. The van der Waals surface area contributed by atoms with Gasteiger partial charge in [0.05, 0.1) is 19.3 Å². The van der Waals surface area contributed by atoms with Crippen LogP contribution in [-0.2, 0) is 22.6 Å². The van der Waals surface area contributed by atoms with Gasteiger partial charge in [0.25, 0.3) is 0 Å². The van der Waals surface area contributed by atoms with Gasteiger partial charge in [0.15, 0.2) is 5.96 Å². The molecule has 2 aliphatic rings. The number of guanidine groups is 1. The molecule has 3 rings (SSSR count). The minimum absolute atomic E-state index is 0. The highest BCUT2D eigenvalue weighted by molar-refractivity contribution is 14.0. The Balaban J connectivity index is 0.00000300. The van der Waals surface area contributed by atoms with Crippen LogP contribution < -0.4 is 5.32 Å². The normalized spacial score (nSPS) is 23.6. The smallest absolute Gasteiger partial charge is 0.194 e. The average Bonchev–Trinajstić information content (AvgIpc) is 2.70. The van der Waals surface area contributed by atoms with Gasteiger partial charge in [-0.1, -0.05) is 38.1 Å². The molecule has 0 amide bonds. The summed E-state index contributed by atoms with van der Waals surface area (Å²) in [6, 6.07) is 8.65. The van der Waals surface area contributed by atoms with E-state index in [0.29, 0.717) is 19.3 Å². The van der Waals surface area contributed by atoms with Gasteiger partial charge in [0, 0.05) is 32.8 Å². The summed E-state index contributed by atoms with van der Waals surface area (Å²) in [7, 11) is 0. The summed E-state index contributed by atoms with van der Waals surface area (Å²) in [4.78, 5) is 7.37. The van der Waals surface area contributed by atoms with Crippen molar-refractivity contribution < 1.29 is 9.47 Å². The molecule has 2 saturated heterocycles. The number of likely N-dealkylation sites (tertiary alicyclic amines) is 1. The molecule has 2 heterocycles. The van der Waals surface area contributed by atoms with E-state index in [1.54, 1.807) is 0 Å². The van der Waals surface area contributed by atoms with Crippen molar-refractivity contribution in [2.24, 2.45) is 16.8 Å². The highest BCUT2D eigenvalue weighted by Crippen LogP contribution is 2.21. The SMILES string of the molecule is CCNC(=NCc1cccc(COC2CCOCC2)c1)N1CC(C)CC(C)C1.I. The molecule has 0 aliphatic carbocycles. The highest BCUT2D eigenvalue weighted by atomic mass is 127. The fourth-order valence-corrected chi connectivity index (χ4v) is 4.30. The predicted molar refractivity (Wildman–Crippen MR) is 130 cm³/mol. The third-order valence-electron chi connectivity index (χ3n) is 5.56. The van der Waals surface area contributed by atoms with Gasteiger partial charge in [-0.2, -0.15) is 0 Å².